The van der Waals surface area contributed by atoms with Crippen LogP contribution in [0, 0.1) is 0 Å². The topological polar surface area (TPSA) is 55.4 Å². The molecule has 0 radical (unpaired) electrons. The van der Waals surface area contributed by atoms with Gasteiger partial charge in [0.25, 0.3) is 5.91 Å². The van der Waals surface area contributed by atoms with E-state index in [-0.39, 0.29) is 18.0 Å². The lowest BCUT2D eigenvalue weighted by Gasteiger charge is -2.25. The largest absolute Gasteiger partial charge is 0.454 e. The van der Waals surface area contributed by atoms with Crippen LogP contribution in [0.2, 0.25) is 5.02 Å². The molecule has 3 aromatic rings. The second-order valence-corrected chi connectivity index (χ2v) is 6.78. The lowest BCUT2D eigenvalue weighted by molar-refractivity contribution is 0.0252. The lowest BCUT2D eigenvalue weighted by Crippen LogP contribution is -2.23. The van der Waals surface area contributed by atoms with Crippen molar-refractivity contribution in [2.24, 2.45) is 0 Å². The Balaban J connectivity index is 1.59. The van der Waals surface area contributed by atoms with Gasteiger partial charge < -0.3 is 10.1 Å². The average molecular weight is 378 g/mol. The number of carbonyl (C=O) groups excluding carboxylic acids is 2. The monoisotopic (exact) mass is 377 g/mol. The van der Waals surface area contributed by atoms with Gasteiger partial charge in [-0.05, 0) is 47.5 Å². The van der Waals surface area contributed by atoms with E-state index in [1.165, 1.54) is 0 Å². The van der Waals surface area contributed by atoms with Crippen molar-refractivity contribution >= 4 is 29.2 Å². The van der Waals surface area contributed by atoms with Crippen LogP contribution in [-0.4, -0.2) is 11.9 Å². The minimum absolute atomic E-state index is 0.254. The highest BCUT2D eigenvalue weighted by atomic mass is 35.5. The van der Waals surface area contributed by atoms with Crippen molar-refractivity contribution in [3.05, 3.63) is 100 Å². The third kappa shape index (κ3) is 3.71. The number of halogens is 1. The van der Waals surface area contributed by atoms with Crippen LogP contribution in [0.4, 0.5) is 5.69 Å². The second-order valence-electron chi connectivity index (χ2n) is 6.35. The molecule has 27 heavy (non-hydrogen) atoms. The van der Waals surface area contributed by atoms with Crippen LogP contribution in [-0.2, 0) is 11.2 Å². The number of hydrogen-bond donors (Lipinski definition) is 1. The summed E-state index contributed by atoms with van der Waals surface area (Å²) in [5, 5.41) is 3.37. The zero-order chi connectivity index (χ0) is 18.8. The van der Waals surface area contributed by atoms with Crippen molar-refractivity contribution in [1.82, 2.24) is 0 Å². The molecule has 0 bridgehead atoms. The van der Waals surface area contributed by atoms with Crippen LogP contribution in [0.1, 0.15) is 37.9 Å². The molecule has 0 aliphatic carbocycles. The molecule has 0 fully saturated rings. The van der Waals surface area contributed by atoms with Crippen LogP contribution in [0.3, 0.4) is 0 Å². The molecule has 1 N–H and O–H groups in total. The molecule has 4 nitrogen and oxygen atoms in total. The van der Waals surface area contributed by atoms with E-state index in [4.69, 9.17) is 16.3 Å². The lowest BCUT2D eigenvalue weighted by atomic mass is 9.93. The predicted molar refractivity (Wildman–Crippen MR) is 104 cm³/mol. The molecule has 0 spiro atoms. The van der Waals surface area contributed by atoms with Gasteiger partial charge in [-0.3, -0.25) is 4.79 Å². The van der Waals surface area contributed by atoms with E-state index < -0.39 is 0 Å². The first-order valence-electron chi connectivity index (χ1n) is 8.56. The van der Waals surface area contributed by atoms with Gasteiger partial charge in [-0.2, -0.15) is 0 Å². The average Bonchev–Trinajstić information content (AvgIpc) is 2.68. The Morgan fingerprint density at radius 2 is 1.81 bits per heavy atom. The number of ether oxygens (including phenoxy) is 1. The molecule has 0 unspecified atom stereocenters. The number of benzene rings is 3. The molecule has 5 heteroatoms. The fourth-order valence-electron chi connectivity index (χ4n) is 3.16. The number of nitrogens with one attached hydrogen (secondary N) is 1. The van der Waals surface area contributed by atoms with Crippen molar-refractivity contribution in [2.75, 3.05) is 5.32 Å². The molecular weight excluding hydrogens is 362 g/mol. The summed E-state index contributed by atoms with van der Waals surface area (Å²) in [4.78, 5) is 24.9. The molecule has 1 aliphatic heterocycles. The molecule has 1 heterocycles. The fourth-order valence-corrected chi connectivity index (χ4v) is 3.35. The van der Waals surface area contributed by atoms with Gasteiger partial charge >= 0.3 is 5.97 Å². The molecule has 4 rings (SSSR count). The maximum absolute atomic E-state index is 12.6. The summed E-state index contributed by atoms with van der Waals surface area (Å²) < 4.78 is 5.55. The van der Waals surface area contributed by atoms with Gasteiger partial charge in [0, 0.05) is 22.7 Å². The minimum atomic E-state index is -0.369. The number of cyclic esters (lactones) is 1. The van der Waals surface area contributed by atoms with Gasteiger partial charge in [-0.25, -0.2) is 4.79 Å². The molecule has 134 valence electrons. The minimum Gasteiger partial charge on any atom is -0.454 e. The first-order chi connectivity index (χ1) is 13.1. The Kier molecular flexibility index (Phi) is 4.65. The number of rotatable bonds is 3. The predicted octanol–water partition coefficient (Wildman–Crippen LogP) is 5.05. The van der Waals surface area contributed by atoms with Crippen LogP contribution < -0.4 is 5.32 Å². The second kappa shape index (κ2) is 7.25. The van der Waals surface area contributed by atoms with E-state index in [0.29, 0.717) is 28.3 Å². The summed E-state index contributed by atoms with van der Waals surface area (Å²) in [5.74, 6) is -0.623. The van der Waals surface area contributed by atoms with E-state index in [0.717, 1.165) is 11.1 Å². The maximum Gasteiger partial charge on any atom is 0.339 e. The normalized spacial score (nSPS) is 15.6. The van der Waals surface area contributed by atoms with E-state index in [2.05, 4.69) is 5.32 Å². The first-order valence-corrected chi connectivity index (χ1v) is 8.94. The quantitative estimate of drug-likeness (QED) is 0.650. The van der Waals surface area contributed by atoms with Gasteiger partial charge in [-0.15, -0.1) is 0 Å². The molecule has 3 aromatic carbocycles. The van der Waals surface area contributed by atoms with Crippen molar-refractivity contribution in [3.8, 4) is 0 Å². The summed E-state index contributed by atoms with van der Waals surface area (Å²) >= 11 is 5.96. The Morgan fingerprint density at radius 3 is 2.59 bits per heavy atom. The number of esters is 1. The molecule has 0 aromatic heterocycles. The Morgan fingerprint density at radius 1 is 1.00 bits per heavy atom. The molecule has 1 aliphatic rings. The number of carbonyl (C=O) groups is 2. The van der Waals surface area contributed by atoms with Crippen molar-refractivity contribution in [3.63, 3.8) is 0 Å². The van der Waals surface area contributed by atoms with Crippen molar-refractivity contribution in [2.45, 2.75) is 12.5 Å². The number of amides is 1. The summed E-state index contributed by atoms with van der Waals surface area (Å²) in [6.07, 6.45) is 0.182. The van der Waals surface area contributed by atoms with Gasteiger partial charge in [0.1, 0.15) is 6.10 Å². The van der Waals surface area contributed by atoms with E-state index in [9.17, 15) is 9.59 Å². The zero-order valence-electron chi connectivity index (χ0n) is 14.3. The van der Waals surface area contributed by atoms with Crippen molar-refractivity contribution < 1.29 is 14.3 Å². The molecule has 0 saturated carbocycles. The first kappa shape index (κ1) is 17.3. The number of fused-ring (bicyclic) bond motifs is 1. The van der Waals surface area contributed by atoms with Crippen LogP contribution in [0.25, 0.3) is 0 Å². The van der Waals surface area contributed by atoms with E-state index in [1.54, 1.807) is 42.5 Å². The fraction of sp³-hybridized carbons (Fsp3) is 0.0909. The zero-order valence-corrected chi connectivity index (χ0v) is 15.1. The summed E-state index contributed by atoms with van der Waals surface area (Å²) in [6.45, 7) is 0. The van der Waals surface area contributed by atoms with Crippen molar-refractivity contribution in [1.29, 1.82) is 0 Å². The summed E-state index contributed by atoms with van der Waals surface area (Å²) in [5.41, 5.74) is 3.34. The summed E-state index contributed by atoms with van der Waals surface area (Å²) in [6, 6.07) is 21.6. The van der Waals surface area contributed by atoms with Crippen LogP contribution in [0.15, 0.2) is 72.8 Å². The third-order valence-electron chi connectivity index (χ3n) is 4.50. The Hall–Kier alpha value is -3.11. The SMILES string of the molecule is O=C(Nc1cccc(Cl)c1)c1ccc2c(c1)C[C@H](c1ccccc1)OC2=O. The highest BCUT2D eigenvalue weighted by molar-refractivity contribution is 6.31. The maximum atomic E-state index is 12.6. The Labute approximate surface area is 161 Å². The van der Waals surface area contributed by atoms with Gasteiger partial charge in [0.2, 0.25) is 0 Å². The smallest absolute Gasteiger partial charge is 0.339 e. The molecule has 1 amide bonds. The molecule has 1 atom stereocenters. The van der Waals surface area contributed by atoms with Gasteiger partial charge in [0.05, 0.1) is 5.56 Å². The standard InChI is InChI=1S/C22H16ClNO3/c23-17-7-4-8-18(13-17)24-21(25)15-9-10-19-16(11-15)12-20(27-22(19)26)14-5-2-1-3-6-14/h1-11,13,20H,12H2,(H,24,25)/t20-/m1/s1. The van der Waals surface area contributed by atoms with E-state index >= 15 is 0 Å². The number of anilines is 1. The van der Waals surface area contributed by atoms with Crippen LogP contribution >= 0.6 is 11.6 Å². The van der Waals surface area contributed by atoms with Crippen LogP contribution in [0.5, 0.6) is 0 Å². The van der Waals surface area contributed by atoms with Gasteiger partial charge in [-0.1, -0.05) is 48.0 Å². The number of hydrogen-bond acceptors (Lipinski definition) is 3. The Bertz CT molecular complexity index is 1020. The third-order valence-corrected chi connectivity index (χ3v) is 4.73. The highest BCUT2D eigenvalue weighted by Gasteiger charge is 2.28. The van der Waals surface area contributed by atoms with E-state index in [1.807, 2.05) is 30.3 Å². The summed E-state index contributed by atoms with van der Waals surface area (Å²) in [7, 11) is 0. The molecule has 0 saturated heterocycles. The highest BCUT2D eigenvalue weighted by Crippen LogP contribution is 2.31. The van der Waals surface area contributed by atoms with Gasteiger partial charge in [0.15, 0.2) is 0 Å². The molecular formula is C22H16ClNO3.